The first-order valence-electron chi connectivity index (χ1n) is 13.4. The van der Waals surface area contributed by atoms with Crippen LogP contribution in [0.1, 0.15) is 11.1 Å². The number of nitrogens with zero attached hydrogens (tertiary/aromatic N) is 3. The average molecular weight is 634 g/mol. The molecule has 2 heterocycles. The second-order valence-electron chi connectivity index (χ2n) is 9.70. The van der Waals surface area contributed by atoms with Gasteiger partial charge in [0, 0.05) is 25.0 Å². The largest absolute Gasteiger partial charge is 0.493 e. The van der Waals surface area contributed by atoms with Crippen molar-refractivity contribution in [2.45, 2.75) is 24.0 Å². The highest BCUT2D eigenvalue weighted by Crippen LogP contribution is 2.32. The fourth-order valence-corrected chi connectivity index (χ4v) is 7.10. The van der Waals surface area contributed by atoms with Crippen LogP contribution in [0.25, 0.3) is 11.3 Å². The molecule has 1 aromatic heterocycles. The predicted octanol–water partition coefficient (Wildman–Crippen LogP) is 5.75. The van der Waals surface area contributed by atoms with Crippen LogP contribution in [-0.4, -0.2) is 57.8 Å². The van der Waals surface area contributed by atoms with Gasteiger partial charge in [0.2, 0.25) is 10.0 Å². The lowest BCUT2D eigenvalue weighted by molar-refractivity contribution is -0.137. The van der Waals surface area contributed by atoms with Crippen LogP contribution in [0, 0.1) is 0 Å². The Morgan fingerprint density at radius 2 is 1.67 bits per heavy atom. The molecule has 0 radical (unpaired) electrons. The minimum atomic E-state index is -4.49. The molecule has 0 unspecified atom stereocenters. The molecular formula is C30H30F3N3O5S2. The number of thiazole rings is 1. The zero-order valence-corrected chi connectivity index (χ0v) is 25.1. The average Bonchev–Trinajstić information content (AvgIpc) is 3.42. The smallest absolute Gasteiger partial charge is 0.416 e. The minimum Gasteiger partial charge on any atom is -0.493 e. The number of benzene rings is 3. The van der Waals surface area contributed by atoms with E-state index in [0.29, 0.717) is 55.6 Å². The molecule has 3 aromatic carbocycles. The number of hydrogen-bond donors (Lipinski definition) is 0. The van der Waals surface area contributed by atoms with Crippen molar-refractivity contribution in [3.8, 4) is 22.8 Å². The number of aryl methyl sites for hydroxylation is 1. The van der Waals surface area contributed by atoms with Crippen LogP contribution in [0.15, 0.2) is 82.0 Å². The molecule has 8 nitrogen and oxygen atoms in total. The molecule has 1 fully saturated rings. The van der Waals surface area contributed by atoms with Gasteiger partial charge in [0.25, 0.3) is 0 Å². The monoisotopic (exact) mass is 633 g/mol. The predicted molar refractivity (Wildman–Crippen MR) is 157 cm³/mol. The van der Waals surface area contributed by atoms with Crippen LogP contribution in [0.3, 0.4) is 0 Å². The van der Waals surface area contributed by atoms with Gasteiger partial charge in [-0.3, -0.25) is 0 Å². The lowest BCUT2D eigenvalue weighted by Crippen LogP contribution is -2.40. The molecule has 1 aliphatic heterocycles. The highest BCUT2D eigenvalue weighted by Gasteiger charge is 2.30. The maximum absolute atomic E-state index is 13.4. The summed E-state index contributed by atoms with van der Waals surface area (Å²) in [7, 11) is -0.547. The van der Waals surface area contributed by atoms with E-state index in [1.165, 1.54) is 27.8 Å². The fourth-order valence-electron chi connectivity index (χ4n) is 4.74. The number of morpholine rings is 1. The van der Waals surface area contributed by atoms with E-state index in [1.54, 1.807) is 38.5 Å². The maximum Gasteiger partial charge on any atom is 0.416 e. The van der Waals surface area contributed by atoms with Crippen LogP contribution in [0.4, 0.5) is 18.9 Å². The number of ether oxygens (including phenoxy) is 3. The van der Waals surface area contributed by atoms with Gasteiger partial charge in [-0.1, -0.05) is 24.3 Å². The van der Waals surface area contributed by atoms with Crippen LogP contribution < -0.4 is 14.3 Å². The third-order valence-electron chi connectivity index (χ3n) is 7.03. The van der Waals surface area contributed by atoms with Crippen LogP contribution in [0.2, 0.25) is 0 Å². The number of methoxy groups -OCH3 is 2. The molecule has 228 valence electrons. The van der Waals surface area contributed by atoms with E-state index in [2.05, 4.69) is 4.99 Å². The van der Waals surface area contributed by atoms with Gasteiger partial charge in [0.1, 0.15) is 0 Å². The zero-order chi connectivity index (χ0) is 30.6. The molecule has 13 heteroatoms. The van der Waals surface area contributed by atoms with Crippen molar-refractivity contribution in [1.29, 1.82) is 0 Å². The van der Waals surface area contributed by atoms with Crippen molar-refractivity contribution in [1.82, 2.24) is 8.87 Å². The number of alkyl halides is 3. The molecule has 0 saturated carbocycles. The lowest BCUT2D eigenvalue weighted by Gasteiger charge is -2.26. The summed E-state index contributed by atoms with van der Waals surface area (Å²) in [4.78, 5) is 5.25. The molecule has 0 N–H and O–H groups in total. The minimum absolute atomic E-state index is 0.176. The molecule has 0 bridgehead atoms. The zero-order valence-electron chi connectivity index (χ0n) is 23.5. The van der Waals surface area contributed by atoms with Gasteiger partial charge in [0.05, 0.1) is 49.3 Å². The van der Waals surface area contributed by atoms with Crippen LogP contribution in [0.5, 0.6) is 11.5 Å². The standard InChI is InChI=1S/C30H30F3N3O5S2/c1-39-27-11-6-21(18-28(27)40-2)12-13-36-26(20-42-29(36)34-24-5-3-4-23(19-24)30(31,32)33)22-7-9-25(10-8-22)43(37,38)35-14-16-41-17-15-35/h3-11,18-20H,12-17H2,1-2H3. The Hall–Kier alpha value is -3.65. The van der Waals surface area contributed by atoms with Crippen molar-refractivity contribution in [2.24, 2.45) is 4.99 Å². The van der Waals surface area contributed by atoms with E-state index in [9.17, 15) is 21.6 Å². The van der Waals surface area contributed by atoms with E-state index < -0.39 is 21.8 Å². The van der Waals surface area contributed by atoms with E-state index in [4.69, 9.17) is 14.2 Å². The summed E-state index contributed by atoms with van der Waals surface area (Å²) >= 11 is 1.29. The summed E-state index contributed by atoms with van der Waals surface area (Å²) in [6, 6.07) is 17.1. The topological polar surface area (TPSA) is 82.4 Å². The SMILES string of the molecule is COc1ccc(CCn2c(-c3ccc(S(=O)(=O)N4CCOCC4)cc3)csc2=Nc2cccc(C(F)(F)F)c2)cc1OC. The quantitative estimate of drug-likeness (QED) is 0.235. The highest BCUT2D eigenvalue weighted by atomic mass is 32.2. The van der Waals surface area contributed by atoms with Crippen molar-refractivity contribution in [2.75, 3.05) is 40.5 Å². The molecule has 4 aromatic rings. The third kappa shape index (κ3) is 6.96. The fraction of sp³-hybridized carbons (Fsp3) is 0.300. The summed E-state index contributed by atoms with van der Waals surface area (Å²) in [5, 5.41) is 1.87. The van der Waals surface area contributed by atoms with Gasteiger partial charge in [-0.05, 0) is 60.0 Å². The van der Waals surface area contributed by atoms with E-state index in [-0.39, 0.29) is 10.6 Å². The van der Waals surface area contributed by atoms with E-state index in [0.717, 1.165) is 29.0 Å². The normalized spacial score (nSPS) is 15.0. The second-order valence-corrected chi connectivity index (χ2v) is 12.5. The number of halogens is 3. The van der Waals surface area contributed by atoms with Gasteiger partial charge in [-0.15, -0.1) is 11.3 Å². The Kier molecular flexibility index (Phi) is 9.25. The van der Waals surface area contributed by atoms with Crippen LogP contribution >= 0.6 is 11.3 Å². The number of rotatable bonds is 9. The molecular weight excluding hydrogens is 603 g/mol. The van der Waals surface area contributed by atoms with E-state index in [1.807, 2.05) is 28.1 Å². The van der Waals surface area contributed by atoms with Crippen molar-refractivity contribution >= 4 is 27.0 Å². The molecule has 1 aliphatic rings. The molecule has 0 amide bonds. The summed E-state index contributed by atoms with van der Waals surface area (Å²) in [6.07, 6.45) is -3.93. The highest BCUT2D eigenvalue weighted by molar-refractivity contribution is 7.89. The van der Waals surface area contributed by atoms with Crippen molar-refractivity contribution in [3.05, 3.63) is 88.0 Å². The summed E-state index contributed by atoms with van der Waals surface area (Å²) < 4.78 is 85.7. The number of sulfonamides is 1. The van der Waals surface area contributed by atoms with Gasteiger partial charge >= 0.3 is 6.18 Å². The van der Waals surface area contributed by atoms with Gasteiger partial charge < -0.3 is 18.8 Å². The summed E-state index contributed by atoms with van der Waals surface area (Å²) in [5.41, 5.74) is 1.86. The van der Waals surface area contributed by atoms with Gasteiger partial charge in [-0.2, -0.15) is 17.5 Å². The molecule has 1 saturated heterocycles. The van der Waals surface area contributed by atoms with E-state index >= 15 is 0 Å². The van der Waals surface area contributed by atoms with Crippen molar-refractivity contribution in [3.63, 3.8) is 0 Å². The Balaban J connectivity index is 1.52. The Labute approximate surface area is 251 Å². The summed E-state index contributed by atoms with van der Waals surface area (Å²) in [5.74, 6) is 1.18. The molecule has 0 aliphatic carbocycles. The third-order valence-corrected chi connectivity index (χ3v) is 9.80. The molecule has 43 heavy (non-hydrogen) atoms. The first-order valence-corrected chi connectivity index (χ1v) is 15.7. The Bertz CT molecular complexity index is 1740. The molecule has 0 atom stereocenters. The Morgan fingerprint density at radius 3 is 2.35 bits per heavy atom. The maximum atomic E-state index is 13.4. The lowest BCUT2D eigenvalue weighted by atomic mass is 10.1. The number of aromatic nitrogens is 1. The second kappa shape index (κ2) is 12.9. The van der Waals surface area contributed by atoms with Gasteiger partial charge in [-0.25, -0.2) is 13.4 Å². The van der Waals surface area contributed by atoms with Crippen LogP contribution in [-0.2, 0) is 33.9 Å². The molecule has 0 spiro atoms. The number of hydrogen-bond acceptors (Lipinski definition) is 7. The first-order chi connectivity index (χ1) is 20.6. The van der Waals surface area contributed by atoms with Crippen molar-refractivity contribution < 1.29 is 35.8 Å². The molecule has 5 rings (SSSR count). The Morgan fingerprint density at radius 1 is 0.953 bits per heavy atom. The summed E-state index contributed by atoms with van der Waals surface area (Å²) in [6.45, 7) is 1.74. The van der Waals surface area contributed by atoms with Gasteiger partial charge in [0.15, 0.2) is 16.3 Å². The first kappa shape index (κ1) is 30.8.